The molecule has 1 aliphatic heterocycles. The van der Waals surface area contributed by atoms with Crippen molar-refractivity contribution in [2.45, 2.75) is 59.3 Å². The Kier molecular flexibility index (Phi) is 8.39. The van der Waals surface area contributed by atoms with Gasteiger partial charge in [0.2, 0.25) is 0 Å². The predicted octanol–water partition coefficient (Wildman–Crippen LogP) is 7.46. The molecule has 1 unspecified atom stereocenters. The van der Waals surface area contributed by atoms with E-state index in [2.05, 4.69) is 34.7 Å². The molecule has 0 spiro atoms. The molecule has 0 saturated carbocycles. The number of anilines is 1. The molecule has 7 nitrogen and oxygen atoms in total. The van der Waals surface area contributed by atoms with Gasteiger partial charge in [-0.15, -0.1) is 11.3 Å². The maximum Gasteiger partial charge on any atom is 0.337 e. The number of carboxylic acid groups (broad SMARTS) is 1. The second-order valence-corrected chi connectivity index (χ2v) is 13.3. The molecule has 1 saturated heterocycles. The minimum atomic E-state index is -1.15. The molecular formula is C32H37ClN4O3S. The lowest BCUT2D eigenvalue weighted by Crippen LogP contribution is -2.48. The van der Waals surface area contributed by atoms with Crippen LogP contribution in [-0.2, 0) is 9.53 Å². The Morgan fingerprint density at radius 1 is 1.05 bits per heavy atom. The van der Waals surface area contributed by atoms with Gasteiger partial charge in [0.25, 0.3) is 0 Å². The number of halogens is 1. The lowest BCUT2D eigenvalue weighted by Gasteiger charge is -2.38. The van der Waals surface area contributed by atoms with Gasteiger partial charge in [0.15, 0.2) is 6.10 Å². The van der Waals surface area contributed by atoms with E-state index in [9.17, 15) is 9.90 Å². The number of ether oxygens (including phenoxy) is 1. The topological polar surface area (TPSA) is 78.8 Å². The number of piperazine rings is 1. The van der Waals surface area contributed by atoms with Crippen molar-refractivity contribution in [2.24, 2.45) is 0 Å². The average Bonchev–Trinajstić information content (AvgIpc) is 3.35. The summed E-state index contributed by atoms with van der Waals surface area (Å²) in [6.45, 7) is 16.0. The standard InChI is InChI=1S/C32H37ClN4O3S/c1-19(2)36-11-13-37(14-12-36)24-16-22(17-34-18-24)30-35-25-15-20(3)26(28(31(38)39)40-32(4,5)6)27(29(25)41-30)21-7-9-23(33)10-8-21/h7-10,15-19,28H,11-14H2,1-6H3,(H,38,39). The summed E-state index contributed by atoms with van der Waals surface area (Å²) in [6.07, 6.45) is 2.62. The number of hydrogen-bond acceptors (Lipinski definition) is 7. The van der Waals surface area contributed by atoms with Crippen molar-refractivity contribution in [3.05, 3.63) is 64.9 Å². The van der Waals surface area contributed by atoms with Crippen molar-refractivity contribution < 1.29 is 14.6 Å². The number of fused-ring (bicyclic) bond motifs is 1. The van der Waals surface area contributed by atoms with Gasteiger partial charge in [0.1, 0.15) is 5.01 Å². The molecule has 1 atom stereocenters. The maximum absolute atomic E-state index is 12.6. The number of aryl methyl sites for hydroxylation is 1. The number of pyridine rings is 1. The lowest BCUT2D eigenvalue weighted by molar-refractivity contribution is -0.160. The quantitative estimate of drug-likeness (QED) is 0.239. The second-order valence-electron chi connectivity index (χ2n) is 11.9. The van der Waals surface area contributed by atoms with Gasteiger partial charge in [-0.05, 0) is 76.9 Å². The monoisotopic (exact) mass is 592 g/mol. The summed E-state index contributed by atoms with van der Waals surface area (Å²) < 4.78 is 7.04. The van der Waals surface area contributed by atoms with E-state index in [-0.39, 0.29) is 0 Å². The first-order valence-electron chi connectivity index (χ1n) is 14.0. The molecule has 0 amide bonds. The Morgan fingerprint density at radius 2 is 1.73 bits per heavy atom. The van der Waals surface area contributed by atoms with E-state index in [4.69, 9.17) is 21.3 Å². The molecule has 1 N–H and O–H groups in total. The zero-order valence-corrected chi connectivity index (χ0v) is 26.0. The molecule has 41 heavy (non-hydrogen) atoms. The average molecular weight is 593 g/mol. The second kappa shape index (κ2) is 11.7. The Hall–Kier alpha value is -3.04. The lowest BCUT2D eigenvalue weighted by atomic mass is 9.91. The minimum absolute atomic E-state index is 0.544. The number of benzene rings is 2. The largest absolute Gasteiger partial charge is 0.479 e. The molecule has 0 bridgehead atoms. The third-order valence-electron chi connectivity index (χ3n) is 7.40. The van der Waals surface area contributed by atoms with Gasteiger partial charge in [-0.3, -0.25) is 9.88 Å². The number of aliphatic carboxylic acids is 1. The number of rotatable bonds is 7. The number of carboxylic acids is 1. The van der Waals surface area contributed by atoms with Crippen molar-refractivity contribution in [2.75, 3.05) is 31.1 Å². The SMILES string of the molecule is Cc1cc2nc(-c3cncc(N4CCN(C(C)C)CC4)c3)sc2c(-c2ccc(Cl)cc2)c1C(OC(C)(C)C)C(=O)O. The van der Waals surface area contributed by atoms with Crippen molar-refractivity contribution in [3.8, 4) is 21.7 Å². The van der Waals surface area contributed by atoms with Gasteiger partial charge in [-0.25, -0.2) is 9.78 Å². The van der Waals surface area contributed by atoms with E-state index in [0.29, 0.717) is 16.6 Å². The molecule has 0 radical (unpaired) electrons. The van der Waals surface area contributed by atoms with Gasteiger partial charge >= 0.3 is 5.97 Å². The molecule has 216 valence electrons. The molecule has 1 fully saturated rings. The molecule has 5 rings (SSSR count). The predicted molar refractivity (Wildman–Crippen MR) is 168 cm³/mol. The van der Waals surface area contributed by atoms with Gasteiger partial charge in [0, 0.05) is 60.1 Å². The molecule has 0 aliphatic carbocycles. The fraction of sp³-hybridized carbons (Fsp3) is 0.406. The van der Waals surface area contributed by atoms with Crippen LogP contribution in [-0.4, -0.2) is 63.8 Å². The number of thiazole rings is 1. The zero-order valence-electron chi connectivity index (χ0n) is 24.4. The van der Waals surface area contributed by atoms with Crippen molar-refractivity contribution in [1.29, 1.82) is 0 Å². The molecule has 2 aromatic heterocycles. The molecule has 2 aromatic carbocycles. The van der Waals surface area contributed by atoms with E-state index < -0.39 is 17.7 Å². The van der Waals surface area contributed by atoms with Crippen LogP contribution < -0.4 is 4.90 Å². The zero-order chi connectivity index (χ0) is 29.5. The van der Waals surface area contributed by atoms with Crippen LogP contribution in [0.4, 0.5) is 5.69 Å². The van der Waals surface area contributed by atoms with Crippen molar-refractivity contribution >= 4 is 44.8 Å². The molecule has 1 aliphatic rings. The highest BCUT2D eigenvalue weighted by Gasteiger charge is 2.32. The first kappa shape index (κ1) is 29.5. The van der Waals surface area contributed by atoms with Crippen LogP contribution >= 0.6 is 22.9 Å². The van der Waals surface area contributed by atoms with E-state index in [1.165, 1.54) is 0 Å². The smallest absolute Gasteiger partial charge is 0.337 e. The molecular weight excluding hydrogens is 556 g/mol. The summed E-state index contributed by atoms with van der Waals surface area (Å²) in [6, 6.07) is 12.2. The highest BCUT2D eigenvalue weighted by atomic mass is 35.5. The van der Waals surface area contributed by atoms with E-state index in [1.807, 2.05) is 70.4 Å². The highest BCUT2D eigenvalue weighted by molar-refractivity contribution is 7.22. The molecule has 4 aromatic rings. The van der Waals surface area contributed by atoms with Crippen molar-refractivity contribution in [3.63, 3.8) is 0 Å². The van der Waals surface area contributed by atoms with Gasteiger partial charge < -0.3 is 14.7 Å². The van der Waals surface area contributed by atoms with Crippen molar-refractivity contribution in [1.82, 2.24) is 14.9 Å². The third-order valence-corrected chi connectivity index (χ3v) is 8.79. The Morgan fingerprint density at radius 3 is 2.34 bits per heavy atom. The molecule has 9 heteroatoms. The number of hydrogen-bond donors (Lipinski definition) is 1. The molecule has 3 heterocycles. The summed E-state index contributed by atoms with van der Waals surface area (Å²) in [7, 11) is 0. The van der Waals surface area contributed by atoms with E-state index in [0.717, 1.165) is 69.3 Å². The van der Waals surface area contributed by atoms with Crippen LogP contribution in [0.3, 0.4) is 0 Å². The summed E-state index contributed by atoms with van der Waals surface area (Å²) >= 11 is 7.78. The highest BCUT2D eigenvalue weighted by Crippen LogP contribution is 2.44. The third kappa shape index (κ3) is 6.41. The normalized spacial score (nSPS) is 15.6. The first-order chi connectivity index (χ1) is 19.4. The summed E-state index contributed by atoms with van der Waals surface area (Å²) in [5.41, 5.74) is 5.30. The van der Waals surface area contributed by atoms with E-state index >= 15 is 0 Å². The number of nitrogens with zero attached hydrogens (tertiary/aromatic N) is 4. The Labute approximate surface area is 250 Å². The van der Waals surface area contributed by atoms with Crippen LogP contribution in [0.25, 0.3) is 31.9 Å². The van der Waals surface area contributed by atoms with Crippen LogP contribution in [0.5, 0.6) is 0 Å². The Balaban J connectivity index is 1.62. The fourth-order valence-electron chi connectivity index (χ4n) is 5.38. The summed E-state index contributed by atoms with van der Waals surface area (Å²) in [4.78, 5) is 27.1. The fourth-order valence-corrected chi connectivity index (χ4v) is 6.61. The van der Waals surface area contributed by atoms with Crippen LogP contribution in [0.2, 0.25) is 5.02 Å². The number of carbonyl (C=O) groups is 1. The van der Waals surface area contributed by atoms with Gasteiger partial charge in [-0.1, -0.05) is 23.7 Å². The van der Waals surface area contributed by atoms with Gasteiger partial charge in [0.05, 0.1) is 27.7 Å². The number of aromatic nitrogens is 2. The van der Waals surface area contributed by atoms with Crippen LogP contribution in [0.15, 0.2) is 48.8 Å². The Bertz CT molecular complexity index is 1550. The van der Waals surface area contributed by atoms with Crippen LogP contribution in [0, 0.1) is 6.92 Å². The van der Waals surface area contributed by atoms with Gasteiger partial charge in [-0.2, -0.15) is 0 Å². The summed E-state index contributed by atoms with van der Waals surface area (Å²) in [5, 5.41) is 11.8. The maximum atomic E-state index is 12.6. The first-order valence-corrected chi connectivity index (χ1v) is 15.2. The van der Waals surface area contributed by atoms with E-state index in [1.54, 1.807) is 11.3 Å². The minimum Gasteiger partial charge on any atom is -0.479 e. The van der Waals surface area contributed by atoms with Crippen LogP contribution in [0.1, 0.15) is 51.8 Å². The summed E-state index contributed by atoms with van der Waals surface area (Å²) in [5.74, 6) is -1.03.